The van der Waals surface area contributed by atoms with E-state index in [2.05, 4.69) is 29.1 Å². The number of nitrogen functional groups attached to an aromatic ring is 1. The largest absolute Gasteiger partial charge is 0.394 e. The van der Waals surface area contributed by atoms with Crippen LogP contribution in [0.25, 0.3) is 0 Å². The fourth-order valence-electron chi connectivity index (χ4n) is 2.24. The van der Waals surface area contributed by atoms with E-state index >= 15 is 0 Å². The molecule has 0 saturated carbocycles. The maximum atomic E-state index is 6.12. The molecule has 0 bridgehead atoms. The number of nitrogens with zero attached hydrogens (tertiary/aromatic N) is 2. The van der Waals surface area contributed by atoms with Crippen molar-refractivity contribution >= 4 is 23.3 Å². The van der Waals surface area contributed by atoms with Crippen LogP contribution in [0.4, 0.5) is 11.5 Å². The molecule has 1 saturated heterocycles. The van der Waals surface area contributed by atoms with Gasteiger partial charge in [-0.2, -0.15) is 16.9 Å². The number of rotatable bonds is 5. The normalized spacial score (nSPS) is 19.8. The van der Waals surface area contributed by atoms with Crippen molar-refractivity contribution in [2.24, 2.45) is 7.05 Å². The number of anilines is 2. The first-order valence-electron chi connectivity index (χ1n) is 6.39. The number of aryl methyl sites for hydroxylation is 2. The molecule has 17 heavy (non-hydrogen) atoms. The third-order valence-corrected chi connectivity index (χ3v) is 4.57. The molecule has 2 rings (SSSR count). The van der Waals surface area contributed by atoms with Crippen LogP contribution < -0.4 is 11.1 Å². The van der Waals surface area contributed by atoms with E-state index in [0.29, 0.717) is 0 Å². The summed E-state index contributed by atoms with van der Waals surface area (Å²) in [6, 6.07) is 0. The Labute approximate surface area is 107 Å². The molecular weight excluding hydrogens is 232 g/mol. The molecule has 3 N–H and O–H groups in total. The van der Waals surface area contributed by atoms with Gasteiger partial charge in [0.2, 0.25) is 0 Å². The minimum atomic E-state index is 0.735. The van der Waals surface area contributed by atoms with E-state index in [4.69, 9.17) is 5.73 Å². The molecule has 0 amide bonds. The molecule has 1 fully saturated rings. The minimum Gasteiger partial charge on any atom is -0.394 e. The molecule has 1 atom stereocenters. The maximum absolute atomic E-state index is 6.12. The summed E-state index contributed by atoms with van der Waals surface area (Å²) in [6.07, 6.45) is 4.70. The van der Waals surface area contributed by atoms with Crippen molar-refractivity contribution in [2.45, 2.75) is 37.9 Å². The predicted octanol–water partition coefficient (Wildman–Crippen LogP) is 2.26. The lowest BCUT2D eigenvalue weighted by Crippen LogP contribution is -2.16. The molecule has 1 aliphatic heterocycles. The quantitative estimate of drug-likeness (QED) is 0.846. The van der Waals surface area contributed by atoms with Gasteiger partial charge in [-0.3, -0.25) is 4.68 Å². The summed E-state index contributed by atoms with van der Waals surface area (Å²) >= 11 is 2.06. The van der Waals surface area contributed by atoms with Crippen molar-refractivity contribution in [3.8, 4) is 0 Å². The molecule has 0 spiro atoms. The molecule has 4 nitrogen and oxygen atoms in total. The Morgan fingerprint density at radius 3 is 3.06 bits per heavy atom. The van der Waals surface area contributed by atoms with Crippen LogP contribution >= 0.6 is 11.8 Å². The van der Waals surface area contributed by atoms with Gasteiger partial charge >= 0.3 is 0 Å². The van der Waals surface area contributed by atoms with Crippen LogP contribution in [0.1, 0.15) is 31.9 Å². The van der Waals surface area contributed by atoms with Gasteiger partial charge in [0.25, 0.3) is 0 Å². The van der Waals surface area contributed by atoms with E-state index in [9.17, 15) is 0 Å². The summed E-state index contributed by atoms with van der Waals surface area (Å²) in [5.41, 5.74) is 7.98. The van der Waals surface area contributed by atoms with Gasteiger partial charge in [0.05, 0.1) is 11.4 Å². The van der Waals surface area contributed by atoms with Gasteiger partial charge in [-0.05, 0) is 25.0 Å². The highest BCUT2D eigenvalue weighted by atomic mass is 32.2. The van der Waals surface area contributed by atoms with Crippen molar-refractivity contribution in [3.05, 3.63) is 5.69 Å². The third-order valence-electron chi connectivity index (χ3n) is 3.17. The number of nitrogens with two attached hydrogens (primary N) is 1. The number of hydrogen-bond acceptors (Lipinski definition) is 4. The smallest absolute Gasteiger partial charge is 0.147 e. The van der Waals surface area contributed by atoms with Gasteiger partial charge in [-0.25, -0.2) is 0 Å². The lowest BCUT2D eigenvalue weighted by molar-refractivity contribution is 0.729. The Morgan fingerprint density at radius 1 is 1.59 bits per heavy atom. The highest BCUT2D eigenvalue weighted by Gasteiger charge is 2.17. The molecule has 1 aromatic rings. The van der Waals surface area contributed by atoms with Crippen molar-refractivity contribution in [1.82, 2.24) is 9.78 Å². The summed E-state index contributed by atoms with van der Waals surface area (Å²) in [7, 11) is 1.96. The first-order chi connectivity index (χ1) is 8.22. The standard InChI is InChI=1S/C12H22N4S/c1-3-5-10-11(13)12(16(2)15-10)14-8-9-6-4-7-17-9/h9,14H,3-8,13H2,1-2H3. The van der Waals surface area contributed by atoms with Crippen LogP contribution in [-0.2, 0) is 13.5 Å². The average molecular weight is 254 g/mol. The molecule has 1 aliphatic rings. The fourth-order valence-corrected chi connectivity index (χ4v) is 3.44. The SMILES string of the molecule is CCCc1nn(C)c(NCC2CCCS2)c1N. The van der Waals surface area contributed by atoms with Crippen molar-refractivity contribution in [2.75, 3.05) is 23.3 Å². The molecule has 1 unspecified atom stereocenters. The Hall–Kier alpha value is -0.840. The van der Waals surface area contributed by atoms with Crippen LogP contribution in [0.2, 0.25) is 0 Å². The third kappa shape index (κ3) is 2.89. The van der Waals surface area contributed by atoms with E-state index in [1.807, 2.05) is 11.7 Å². The summed E-state index contributed by atoms with van der Waals surface area (Å²) in [6.45, 7) is 3.15. The maximum Gasteiger partial charge on any atom is 0.147 e. The molecule has 0 radical (unpaired) electrons. The highest BCUT2D eigenvalue weighted by Crippen LogP contribution is 2.28. The topological polar surface area (TPSA) is 55.9 Å². The summed E-state index contributed by atoms with van der Waals surface area (Å²) in [5.74, 6) is 2.29. The molecule has 0 aliphatic carbocycles. The van der Waals surface area contributed by atoms with E-state index in [0.717, 1.165) is 41.8 Å². The zero-order valence-corrected chi connectivity index (χ0v) is 11.5. The molecule has 5 heteroatoms. The fraction of sp³-hybridized carbons (Fsp3) is 0.750. The summed E-state index contributed by atoms with van der Waals surface area (Å²) in [4.78, 5) is 0. The predicted molar refractivity (Wildman–Crippen MR) is 75.6 cm³/mol. The van der Waals surface area contributed by atoms with E-state index in [1.165, 1.54) is 18.6 Å². The Balaban J connectivity index is 1.99. The number of thioether (sulfide) groups is 1. The first-order valence-corrected chi connectivity index (χ1v) is 7.44. The van der Waals surface area contributed by atoms with Crippen molar-refractivity contribution in [1.29, 1.82) is 0 Å². The Bertz CT molecular complexity index is 369. The van der Waals surface area contributed by atoms with E-state index in [-0.39, 0.29) is 0 Å². The van der Waals surface area contributed by atoms with Crippen LogP contribution in [0.15, 0.2) is 0 Å². The summed E-state index contributed by atoms with van der Waals surface area (Å²) in [5, 5.41) is 8.66. The molecular formula is C12H22N4S. The lowest BCUT2D eigenvalue weighted by atomic mass is 10.2. The highest BCUT2D eigenvalue weighted by molar-refractivity contribution is 8.00. The van der Waals surface area contributed by atoms with Crippen LogP contribution in [0.3, 0.4) is 0 Å². The van der Waals surface area contributed by atoms with Gasteiger partial charge in [0.1, 0.15) is 5.82 Å². The second-order valence-corrected chi connectivity index (χ2v) is 6.01. The summed E-state index contributed by atoms with van der Waals surface area (Å²) < 4.78 is 1.87. The second-order valence-electron chi connectivity index (χ2n) is 4.60. The van der Waals surface area contributed by atoms with Crippen molar-refractivity contribution < 1.29 is 0 Å². The lowest BCUT2D eigenvalue weighted by Gasteiger charge is -2.11. The first kappa shape index (κ1) is 12.6. The molecule has 1 aromatic heterocycles. The number of nitrogens with one attached hydrogen (secondary N) is 1. The average Bonchev–Trinajstić information content (AvgIpc) is 2.88. The van der Waals surface area contributed by atoms with Gasteiger partial charge in [0, 0.05) is 18.8 Å². The minimum absolute atomic E-state index is 0.735. The molecule has 0 aromatic carbocycles. The van der Waals surface area contributed by atoms with Gasteiger partial charge in [0.15, 0.2) is 0 Å². The van der Waals surface area contributed by atoms with Crippen LogP contribution in [0, 0.1) is 0 Å². The molecule has 2 heterocycles. The van der Waals surface area contributed by atoms with Crippen molar-refractivity contribution in [3.63, 3.8) is 0 Å². The zero-order valence-electron chi connectivity index (χ0n) is 10.7. The Morgan fingerprint density at radius 2 is 2.41 bits per heavy atom. The van der Waals surface area contributed by atoms with Gasteiger partial charge in [-0.15, -0.1) is 0 Å². The number of hydrogen-bond donors (Lipinski definition) is 2. The van der Waals surface area contributed by atoms with E-state index in [1.54, 1.807) is 0 Å². The van der Waals surface area contributed by atoms with E-state index < -0.39 is 0 Å². The monoisotopic (exact) mass is 254 g/mol. The van der Waals surface area contributed by atoms with Crippen LogP contribution in [-0.4, -0.2) is 27.3 Å². The second kappa shape index (κ2) is 5.67. The van der Waals surface area contributed by atoms with Gasteiger partial charge in [-0.1, -0.05) is 13.3 Å². The van der Waals surface area contributed by atoms with Gasteiger partial charge < -0.3 is 11.1 Å². The number of aromatic nitrogens is 2. The Kier molecular flexibility index (Phi) is 4.20. The molecule has 96 valence electrons. The van der Waals surface area contributed by atoms with Crippen LogP contribution in [0.5, 0.6) is 0 Å². The zero-order chi connectivity index (χ0) is 12.3.